The Morgan fingerprint density at radius 1 is 1.35 bits per heavy atom. The Labute approximate surface area is 100 Å². The molecule has 1 aromatic carbocycles. The molecule has 2 aromatic rings. The molecule has 2 N–H and O–H groups in total. The summed E-state index contributed by atoms with van der Waals surface area (Å²) < 4.78 is 7.27. The van der Waals surface area contributed by atoms with Gasteiger partial charge >= 0.3 is 0 Å². The summed E-state index contributed by atoms with van der Waals surface area (Å²) in [6.45, 7) is 0. The topological polar surface area (TPSA) is 53.1 Å². The Hall–Kier alpha value is -1.97. The minimum absolute atomic E-state index is 0.558. The molecular weight excluding hydrogens is 214 g/mol. The fourth-order valence-corrected chi connectivity index (χ4v) is 2.13. The first kappa shape index (κ1) is 10.2. The Morgan fingerprint density at radius 3 is 2.82 bits per heavy atom. The van der Waals surface area contributed by atoms with Crippen LogP contribution in [-0.4, -0.2) is 16.9 Å². The zero-order valence-corrected chi connectivity index (χ0v) is 9.76. The molecule has 0 unspecified atom stereocenters. The van der Waals surface area contributed by atoms with Crippen molar-refractivity contribution in [2.75, 3.05) is 12.8 Å². The van der Waals surface area contributed by atoms with Crippen LogP contribution in [-0.2, 0) is 0 Å². The van der Waals surface area contributed by atoms with Crippen molar-refractivity contribution < 1.29 is 4.74 Å². The number of nitrogens with two attached hydrogens (primary N) is 1. The number of rotatable bonds is 3. The summed E-state index contributed by atoms with van der Waals surface area (Å²) in [5.41, 5.74) is 8.84. The Kier molecular flexibility index (Phi) is 2.28. The van der Waals surface area contributed by atoms with Gasteiger partial charge in [-0.2, -0.15) is 5.10 Å². The summed E-state index contributed by atoms with van der Waals surface area (Å²) in [5, 5.41) is 4.37. The number of ether oxygens (including phenoxy) is 1. The minimum Gasteiger partial charge on any atom is -0.494 e. The second kappa shape index (κ2) is 3.80. The average Bonchev–Trinajstić information content (AvgIpc) is 3.12. The smallest absolute Gasteiger partial charge is 0.144 e. The number of nitrogens with zero attached hydrogens (tertiary/aromatic N) is 2. The predicted molar refractivity (Wildman–Crippen MR) is 66.5 cm³/mol. The summed E-state index contributed by atoms with van der Waals surface area (Å²) >= 11 is 0. The summed E-state index contributed by atoms with van der Waals surface area (Å²) in [5.74, 6) is 1.37. The van der Waals surface area contributed by atoms with Crippen LogP contribution < -0.4 is 10.5 Å². The maximum Gasteiger partial charge on any atom is 0.144 e. The highest BCUT2D eigenvalue weighted by Crippen LogP contribution is 2.44. The SMILES string of the molecule is COc1ccccc1-n1ncc(N)c1C1CC1. The van der Waals surface area contributed by atoms with Gasteiger partial charge in [0.15, 0.2) is 0 Å². The normalized spacial score (nSPS) is 14.9. The van der Waals surface area contributed by atoms with E-state index in [0.29, 0.717) is 5.92 Å². The zero-order chi connectivity index (χ0) is 11.8. The lowest BCUT2D eigenvalue weighted by molar-refractivity contribution is 0.411. The predicted octanol–water partition coefficient (Wildman–Crippen LogP) is 2.34. The van der Waals surface area contributed by atoms with Crippen LogP contribution in [0.15, 0.2) is 30.5 Å². The van der Waals surface area contributed by atoms with E-state index < -0.39 is 0 Å². The summed E-state index contributed by atoms with van der Waals surface area (Å²) in [4.78, 5) is 0. The molecule has 0 amide bonds. The fourth-order valence-electron chi connectivity index (χ4n) is 2.13. The quantitative estimate of drug-likeness (QED) is 0.878. The van der Waals surface area contributed by atoms with Gasteiger partial charge < -0.3 is 10.5 Å². The molecule has 1 aliphatic carbocycles. The molecule has 1 aliphatic rings. The highest BCUT2D eigenvalue weighted by Gasteiger charge is 2.30. The molecule has 4 heteroatoms. The molecule has 1 saturated carbocycles. The van der Waals surface area contributed by atoms with E-state index in [1.165, 1.54) is 12.8 Å². The van der Waals surface area contributed by atoms with Crippen LogP contribution in [0.4, 0.5) is 5.69 Å². The number of methoxy groups -OCH3 is 1. The van der Waals surface area contributed by atoms with Crippen molar-refractivity contribution >= 4 is 5.69 Å². The number of nitrogen functional groups attached to an aromatic ring is 1. The molecular formula is C13H15N3O. The van der Waals surface area contributed by atoms with Crippen molar-refractivity contribution in [2.24, 2.45) is 0 Å². The second-order valence-electron chi connectivity index (χ2n) is 4.34. The first-order valence-electron chi connectivity index (χ1n) is 5.78. The highest BCUT2D eigenvalue weighted by molar-refractivity contribution is 5.53. The maximum atomic E-state index is 5.99. The lowest BCUT2D eigenvalue weighted by atomic mass is 10.2. The minimum atomic E-state index is 0.558. The lowest BCUT2D eigenvalue weighted by Gasteiger charge is -2.11. The van der Waals surface area contributed by atoms with E-state index in [-0.39, 0.29) is 0 Å². The van der Waals surface area contributed by atoms with Gasteiger partial charge in [-0.15, -0.1) is 0 Å². The van der Waals surface area contributed by atoms with Gasteiger partial charge in [0.05, 0.1) is 24.7 Å². The van der Waals surface area contributed by atoms with Crippen LogP contribution >= 0.6 is 0 Å². The van der Waals surface area contributed by atoms with Crippen molar-refractivity contribution in [1.29, 1.82) is 0 Å². The monoisotopic (exact) mass is 229 g/mol. The van der Waals surface area contributed by atoms with Crippen molar-refractivity contribution in [2.45, 2.75) is 18.8 Å². The van der Waals surface area contributed by atoms with Gasteiger partial charge in [0, 0.05) is 5.92 Å². The molecule has 3 rings (SSSR count). The first-order chi connectivity index (χ1) is 8.31. The van der Waals surface area contributed by atoms with E-state index >= 15 is 0 Å². The second-order valence-corrected chi connectivity index (χ2v) is 4.34. The molecule has 1 heterocycles. The third-order valence-corrected chi connectivity index (χ3v) is 3.11. The number of benzene rings is 1. The molecule has 0 saturated heterocycles. The van der Waals surface area contributed by atoms with Gasteiger partial charge in [-0.25, -0.2) is 4.68 Å². The standard InChI is InChI=1S/C13H15N3O/c1-17-12-5-3-2-4-11(12)16-13(9-6-7-9)10(14)8-15-16/h2-5,8-9H,6-7,14H2,1H3. The summed E-state index contributed by atoms with van der Waals surface area (Å²) in [6.07, 6.45) is 4.12. The van der Waals surface area contributed by atoms with Crippen LogP contribution in [0.5, 0.6) is 5.75 Å². The zero-order valence-electron chi connectivity index (χ0n) is 9.76. The van der Waals surface area contributed by atoms with Crippen LogP contribution in [0.1, 0.15) is 24.5 Å². The molecule has 0 atom stereocenters. The van der Waals surface area contributed by atoms with Gasteiger partial charge in [-0.1, -0.05) is 12.1 Å². The summed E-state index contributed by atoms with van der Waals surface area (Å²) in [6, 6.07) is 7.86. The van der Waals surface area contributed by atoms with Crippen molar-refractivity contribution in [1.82, 2.24) is 9.78 Å². The van der Waals surface area contributed by atoms with E-state index in [0.717, 1.165) is 22.8 Å². The van der Waals surface area contributed by atoms with Gasteiger partial charge in [0.1, 0.15) is 11.4 Å². The number of para-hydroxylation sites is 2. The number of hydrogen-bond donors (Lipinski definition) is 1. The maximum absolute atomic E-state index is 5.99. The third-order valence-electron chi connectivity index (χ3n) is 3.11. The van der Waals surface area contributed by atoms with Gasteiger partial charge in [0.2, 0.25) is 0 Å². The molecule has 1 fully saturated rings. The van der Waals surface area contributed by atoms with E-state index in [4.69, 9.17) is 10.5 Å². The molecule has 0 bridgehead atoms. The van der Waals surface area contributed by atoms with E-state index in [9.17, 15) is 0 Å². The van der Waals surface area contributed by atoms with Gasteiger partial charge in [0.25, 0.3) is 0 Å². The first-order valence-corrected chi connectivity index (χ1v) is 5.78. The fraction of sp³-hybridized carbons (Fsp3) is 0.308. The number of aromatic nitrogens is 2. The molecule has 0 spiro atoms. The van der Waals surface area contributed by atoms with Gasteiger partial charge in [-0.3, -0.25) is 0 Å². The largest absolute Gasteiger partial charge is 0.494 e. The number of hydrogen-bond acceptors (Lipinski definition) is 3. The van der Waals surface area contributed by atoms with E-state index in [2.05, 4.69) is 5.10 Å². The van der Waals surface area contributed by atoms with Crippen LogP contribution in [0.25, 0.3) is 5.69 Å². The molecule has 1 aromatic heterocycles. The van der Waals surface area contributed by atoms with Crippen molar-refractivity contribution in [3.63, 3.8) is 0 Å². The summed E-state index contributed by atoms with van der Waals surface area (Å²) in [7, 11) is 1.67. The number of anilines is 1. The average molecular weight is 229 g/mol. The Balaban J connectivity index is 2.14. The van der Waals surface area contributed by atoms with E-state index in [1.54, 1.807) is 13.3 Å². The molecule has 88 valence electrons. The van der Waals surface area contributed by atoms with Crippen LogP contribution in [0.2, 0.25) is 0 Å². The molecule has 17 heavy (non-hydrogen) atoms. The van der Waals surface area contributed by atoms with E-state index in [1.807, 2.05) is 28.9 Å². The van der Waals surface area contributed by atoms with Gasteiger partial charge in [-0.05, 0) is 25.0 Å². The van der Waals surface area contributed by atoms with Crippen molar-refractivity contribution in [3.05, 3.63) is 36.2 Å². The van der Waals surface area contributed by atoms with Crippen molar-refractivity contribution in [3.8, 4) is 11.4 Å². The third kappa shape index (κ3) is 1.65. The molecule has 0 radical (unpaired) electrons. The molecule has 0 aliphatic heterocycles. The Bertz CT molecular complexity index is 543. The lowest BCUT2D eigenvalue weighted by Crippen LogP contribution is -2.04. The van der Waals surface area contributed by atoms with Crippen LogP contribution in [0, 0.1) is 0 Å². The van der Waals surface area contributed by atoms with Crippen LogP contribution in [0.3, 0.4) is 0 Å². The molecule has 4 nitrogen and oxygen atoms in total. The Morgan fingerprint density at radius 2 is 2.12 bits per heavy atom. The highest BCUT2D eigenvalue weighted by atomic mass is 16.5.